The molecule has 0 unspecified atom stereocenters. The van der Waals surface area contributed by atoms with E-state index in [1.807, 2.05) is 13.8 Å². The van der Waals surface area contributed by atoms with Crippen LogP contribution in [0.3, 0.4) is 0 Å². The summed E-state index contributed by atoms with van der Waals surface area (Å²) < 4.78 is 12.7. The Hall–Kier alpha value is -0.930. The summed E-state index contributed by atoms with van der Waals surface area (Å²) in [5.74, 6) is -0.201. The lowest BCUT2D eigenvalue weighted by atomic mass is 9.97. The fraction of sp³-hybridized carbons (Fsp3) is 0.571. The van der Waals surface area contributed by atoms with E-state index in [0.717, 1.165) is 31.4 Å². The molecular weight excluding hydrogens is 217 g/mol. The number of aliphatic hydroxyl groups is 1. The standard InChI is InChI=1S/C14H22FNO/c1-3-14(17,4-2)11-16-10-9-12-5-7-13(15)8-6-12/h5-8,16-17H,3-4,9-11H2,1-2H3. The Morgan fingerprint density at radius 3 is 2.29 bits per heavy atom. The van der Waals surface area contributed by atoms with Crippen LogP contribution in [0.25, 0.3) is 0 Å². The van der Waals surface area contributed by atoms with Crippen molar-refractivity contribution >= 4 is 0 Å². The highest BCUT2D eigenvalue weighted by Gasteiger charge is 2.20. The van der Waals surface area contributed by atoms with Gasteiger partial charge < -0.3 is 10.4 Å². The van der Waals surface area contributed by atoms with Crippen molar-refractivity contribution in [3.8, 4) is 0 Å². The molecule has 0 heterocycles. The van der Waals surface area contributed by atoms with Gasteiger partial charge in [-0.25, -0.2) is 4.39 Å². The molecule has 0 amide bonds. The second-order valence-corrected chi connectivity index (χ2v) is 4.48. The van der Waals surface area contributed by atoms with Crippen molar-refractivity contribution < 1.29 is 9.50 Å². The Balaban J connectivity index is 2.26. The van der Waals surface area contributed by atoms with Gasteiger partial charge in [-0.1, -0.05) is 26.0 Å². The van der Waals surface area contributed by atoms with Gasteiger partial charge in [-0.2, -0.15) is 0 Å². The smallest absolute Gasteiger partial charge is 0.123 e. The maximum atomic E-state index is 12.7. The Bertz CT molecular complexity index is 319. The zero-order valence-corrected chi connectivity index (χ0v) is 10.7. The maximum Gasteiger partial charge on any atom is 0.123 e. The molecule has 2 nitrogen and oxygen atoms in total. The summed E-state index contributed by atoms with van der Waals surface area (Å²) in [6.07, 6.45) is 2.36. The molecule has 96 valence electrons. The molecule has 0 aromatic heterocycles. The predicted molar refractivity (Wildman–Crippen MR) is 68.5 cm³/mol. The van der Waals surface area contributed by atoms with Gasteiger partial charge in [0.2, 0.25) is 0 Å². The molecule has 1 rings (SSSR count). The Kier molecular flexibility index (Phi) is 5.59. The second-order valence-electron chi connectivity index (χ2n) is 4.48. The van der Waals surface area contributed by atoms with Crippen LogP contribution in [-0.4, -0.2) is 23.8 Å². The van der Waals surface area contributed by atoms with E-state index in [1.54, 1.807) is 12.1 Å². The van der Waals surface area contributed by atoms with Crippen LogP contribution in [0, 0.1) is 5.82 Å². The number of benzene rings is 1. The molecule has 3 heteroatoms. The summed E-state index contributed by atoms with van der Waals surface area (Å²) in [4.78, 5) is 0. The lowest BCUT2D eigenvalue weighted by Crippen LogP contribution is -2.40. The van der Waals surface area contributed by atoms with Crippen LogP contribution in [0.5, 0.6) is 0 Å². The molecule has 0 aliphatic rings. The van der Waals surface area contributed by atoms with Crippen molar-refractivity contribution in [1.82, 2.24) is 5.32 Å². The van der Waals surface area contributed by atoms with Crippen molar-refractivity contribution in [2.24, 2.45) is 0 Å². The van der Waals surface area contributed by atoms with E-state index in [1.165, 1.54) is 12.1 Å². The molecule has 0 radical (unpaired) electrons. The van der Waals surface area contributed by atoms with Crippen molar-refractivity contribution in [2.75, 3.05) is 13.1 Å². The molecule has 0 saturated heterocycles. The number of nitrogens with one attached hydrogen (secondary N) is 1. The largest absolute Gasteiger partial charge is 0.389 e. The summed E-state index contributed by atoms with van der Waals surface area (Å²) in [5, 5.41) is 13.3. The molecule has 0 bridgehead atoms. The van der Waals surface area contributed by atoms with Gasteiger partial charge in [0.15, 0.2) is 0 Å². The highest BCUT2D eigenvalue weighted by molar-refractivity contribution is 5.16. The minimum atomic E-state index is -0.594. The molecule has 1 aromatic carbocycles. The van der Waals surface area contributed by atoms with Crippen molar-refractivity contribution in [3.63, 3.8) is 0 Å². The van der Waals surface area contributed by atoms with Gasteiger partial charge in [0, 0.05) is 6.54 Å². The van der Waals surface area contributed by atoms with Crippen LogP contribution in [0.1, 0.15) is 32.3 Å². The lowest BCUT2D eigenvalue weighted by molar-refractivity contribution is 0.0328. The van der Waals surface area contributed by atoms with Crippen molar-refractivity contribution in [3.05, 3.63) is 35.6 Å². The van der Waals surface area contributed by atoms with E-state index in [2.05, 4.69) is 5.32 Å². The molecule has 0 atom stereocenters. The highest BCUT2D eigenvalue weighted by atomic mass is 19.1. The Morgan fingerprint density at radius 2 is 1.76 bits per heavy atom. The minimum Gasteiger partial charge on any atom is -0.389 e. The third-order valence-electron chi connectivity index (χ3n) is 3.27. The number of halogens is 1. The molecule has 0 fully saturated rings. The van der Waals surface area contributed by atoms with Gasteiger partial charge in [-0.15, -0.1) is 0 Å². The first kappa shape index (κ1) is 14.1. The summed E-state index contributed by atoms with van der Waals surface area (Å²) >= 11 is 0. The van der Waals surface area contributed by atoms with Crippen LogP contribution < -0.4 is 5.32 Å². The van der Waals surface area contributed by atoms with E-state index in [0.29, 0.717) is 6.54 Å². The molecule has 0 spiro atoms. The van der Waals surface area contributed by atoms with Gasteiger partial charge in [0.05, 0.1) is 5.60 Å². The Labute approximate surface area is 103 Å². The SMILES string of the molecule is CCC(O)(CC)CNCCc1ccc(F)cc1. The van der Waals surface area contributed by atoms with E-state index in [4.69, 9.17) is 0 Å². The first-order chi connectivity index (χ1) is 8.09. The molecular formula is C14H22FNO. The first-order valence-electron chi connectivity index (χ1n) is 6.27. The van der Waals surface area contributed by atoms with Gasteiger partial charge in [-0.3, -0.25) is 0 Å². The van der Waals surface area contributed by atoms with Gasteiger partial charge in [-0.05, 0) is 43.5 Å². The second kappa shape index (κ2) is 6.72. The van der Waals surface area contributed by atoms with E-state index < -0.39 is 5.60 Å². The zero-order chi connectivity index (χ0) is 12.7. The van der Waals surface area contributed by atoms with Crippen LogP contribution >= 0.6 is 0 Å². The van der Waals surface area contributed by atoms with Crippen LogP contribution in [-0.2, 0) is 6.42 Å². The monoisotopic (exact) mass is 239 g/mol. The van der Waals surface area contributed by atoms with Gasteiger partial charge in [0.25, 0.3) is 0 Å². The minimum absolute atomic E-state index is 0.201. The number of hydrogen-bond acceptors (Lipinski definition) is 2. The number of hydrogen-bond donors (Lipinski definition) is 2. The van der Waals surface area contributed by atoms with Crippen LogP contribution in [0.4, 0.5) is 4.39 Å². The average Bonchev–Trinajstić information content (AvgIpc) is 2.36. The summed E-state index contributed by atoms with van der Waals surface area (Å²) in [6.45, 7) is 5.39. The van der Waals surface area contributed by atoms with Gasteiger partial charge in [0.1, 0.15) is 5.82 Å². The van der Waals surface area contributed by atoms with E-state index in [-0.39, 0.29) is 5.82 Å². The summed E-state index contributed by atoms with van der Waals surface area (Å²) in [6, 6.07) is 6.54. The highest BCUT2D eigenvalue weighted by Crippen LogP contribution is 2.12. The van der Waals surface area contributed by atoms with E-state index >= 15 is 0 Å². The van der Waals surface area contributed by atoms with Crippen molar-refractivity contribution in [1.29, 1.82) is 0 Å². The van der Waals surface area contributed by atoms with E-state index in [9.17, 15) is 9.50 Å². The molecule has 2 N–H and O–H groups in total. The maximum absolute atomic E-state index is 12.7. The Morgan fingerprint density at radius 1 is 1.18 bits per heavy atom. The number of rotatable bonds is 7. The molecule has 1 aromatic rings. The fourth-order valence-electron chi connectivity index (χ4n) is 1.70. The third kappa shape index (κ3) is 4.84. The van der Waals surface area contributed by atoms with Crippen molar-refractivity contribution in [2.45, 2.75) is 38.7 Å². The molecule has 0 aliphatic heterocycles. The average molecular weight is 239 g/mol. The van der Waals surface area contributed by atoms with Crippen LogP contribution in [0.15, 0.2) is 24.3 Å². The summed E-state index contributed by atoms with van der Waals surface area (Å²) in [7, 11) is 0. The zero-order valence-electron chi connectivity index (χ0n) is 10.7. The molecule has 0 saturated carbocycles. The third-order valence-corrected chi connectivity index (χ3v) is 3.27. The fourth-order valence-corrected chi connectivity index (χ4v) is 1.70. The first-order valence-corrected chi connectivity index (χ1v) is 6.27. The molecule has 17 heavy (non-hydrogen) atoms. The van der Waals surface area contributed by atoms with Crippen LogP contribution in [0.2, 0.25) is 0 Å². The lowest BCUT2D eigenvalue weighted by Gasteiger charge is -2.25. The predicted octanol–water partition coefficient (Wildman–Crippen LogP) is 2.51. The topological polar surface area (TPSA) is 32.3 Å². The molecule has 0 aliphatic carbocycles. The summed E-state index contributed by atoms with van der Waals surface area (Å²) in [5.41, 5.74) is 0.512. The normalized spacial score (nSPS) is 11.8. The van der Waals surface area contributed by atoms with Gasteiger partial charge >= 0.3 is 0 Å². The quantitative estimate of drug-likeness (QED) is 0.717.